The predicted octanol–water partition coefficient (Wildman–Crippen LogP) is 3.11. The Morgan fingerprint density at radius 3 is 2.43 bits per heavy atom. The molecule has 28 heavy (non-hydrogen) atoms. The van der Waals surface area contributed by atoms with Crippen molar-refractivity contribution in [2.75, 3.05) is 39.8 Å². The molecule has 1 aliphatic heterocycles. The molecule has 6 heteroatoms. The van der Waals surface area contributed by atoms with Crippen LogP contribution in [0.15, 0.2) is 59.1 Å². The molecule has 0 saturated carbocycles. The summed E-state index contributed by atoms with van der Waals surface area (Å²) in [5, 5.41) is 4.14. The lowest BCUT2D eigenvalue weighted by Gasteiger charge is -2.33. The van der Waals surface area contributed by atoms with Crippen molar-refractivity contribution in [2.45, 2.75) is 13.0 Å². The number of hydrogen-bond donors (Lipinski definition) is 0. The Balaban J connectivity index is 1.28. The standard InChI is InChI=1S/C22H26N4O2/c1-27-20-10-6-5-9-19(20)22-23-21(28-24-22)17-26-15-13-25(14-16-26)12-11-18-7-3-2-4-8-18/h2-10H,11-17H2,1H3. The Morgan fingerprint density at radius 1 is 0.929 bits per heavy atom. The van der Waals surface area contributed by atoms with Gasteiger partial charge in [0.2, 0.25) is 11.7 Å². The second-order valence-corrected chi connectivity index (χ2v) is 7.07. The zero-order valence-electron chi connectivity index (χ0n) is 16.3. The average Bonchev–Trinajstić information content (AvgIpc) is 3.22. The maximum absolute atomic E-state index is 5.48. The van der Waals surface area contributed by atoms with Crippen molar-refractivity contribution in [3.8, 4) is 17.1 Å². The van der Waals surface area contributed by atoms with Crippen molar-refractivity contribution in [2.24, 2.45) is 0 Å². The topological polar surface area (TPSA) is 54.6 Å². The number of aromatic nitrogens is 2. The predicted molar refractivity (Wildman–Crippen MR) is 108 cm³/mol. The Hall–Kier alpha value is -2.70. The Morgan fingerprint density at radius 2 is 1.64 bits per heavy atom. The minimum Gasteiger partial charge on any atom is -0.496 e. The summed E-state index contributed by atoms with van der Waals surface area (Å²) in [5.74, 6) is 1.98. The number of methoxy groups -OCH3 is 1. The molecule has 2 heterocycles. The van der Waals surface area contributed by atoms with Crippen LogP contribution in [0.5, 0.6) is 5.75 Å². The first-order chi connectivity index (χ1) is 13.8. The molecule has 6 nitrogen and oxygen atoms in total. The Labute approximate surface area is 165 Å². The third kappa shape index (κ3) is 4.58. The van der Waals surface area contributed by atoms with Crippen LogP contribution in [0, 0.1) is 0 Å². The highest BCUT2D eigenvalue weighted by atomic mass is 16.5. The Kier molecular flexibility index (Phi) is 5.99. The van der Waals surface area contributed by atoms with Gasteiger partial charge in [0.25, 0.3) is 0 Å². The number of benzene rings is 2. The summed E-state index contributed by atoms with van der Waals surface area (Å²) in [7, 11) is 1.65. The van der Waals surface area contributed by atoms with Crippen LogP contribution in [0.1, 0.15) is 11.5 Å². The van der Waals surface area contributed by atoms with E-state index in [1.807, 2.05) is 24.3 Å². The second kappa shape index (κ2) is 8.99. The van der Waals surface area contributed by atoms with Gasteiger partial charge in [0.1, 0.15) is 5.75 Å². The average molecular weight is 378 g/mol. The summed E-state index contributed by atoms with van der Waals surface area (Å²) in [6.45, 7) is 5.97. The van der Waals surface area contributed by atoms with E-state index in [9.17, 15) is 0 Å². The number of piperazine rings is 1. The second-order valence-electron chi connectivity index (χ2n) is 7.07. The fraction of sp³-hybridized carbons (Fsp3) is 0.364. The molecule has 1 fully saturated rings. The van der Waals surface area contributed by atoms with E-state index in [1.54, 1.807) is 7.11 Å². The van der Waals surface area contributed by atoms with Crippen molar-refractivity contribution in [3.05, 3.63) is 66.1 Å². The lowest BCUT2D eigenvalue weighted by Crippen LogP contribution is -2.46. The van der Waals surface area contributed by atoms with E-state index in [0.717, 1.165) is 50.5 Å². The van der Waals surface area contributed by atoms with Crippen LogP contribution in [-0.4, -0.2) is 59.8 Å². The summed E-state index contributed by atoms with van der Waals surface area (Å²) < 4.78 is 10.9. The molecule has 146 valence electrons. The number of para-hydroxylation sites is 1. The summed E-state index contributed by atoms with van der Waals surface area (Å²) >= 11 is 0. The van der Waals surface area contributed by atoms with Crippen LogP contribution in [0.4, 0.5) is 0 Å². The number of ether oxygens (including phenoxy) is 1. The van der Waals surface area contributed by atoms with E-state index < -0.39 is 0 Å². The van der Waals surface area contributed by atoms with Crippen LogP contribution < -0.4 is 4.74 Å². The third-order valence-corrected chi connectivity index (χ3v) is 5.20. The molecule has 0 atom stereocenters. The van der Waals surface area contributed by atoms with Crippen molar-refractivity contribution in [1.29, 1.82) is 0 Å². The van der Waals surface area contributed by atoms with Gasteiger partial charge >= 0.3 is 0 Å². The van der Waals surface area contributed by atoms with Gasteiger partial charge in [-0.2, -0.15) is 4.98 Å². The van der Waals surface area contributed by atoms with Crippen molar-refractivity contribution < 1.29 is 9.26 Å². The summed E-state index contributed by atoms with van der Waals surface area (Å²) in [6.07, 6.45) is 1.10. The fourth-order valence-electron chi connectivity index (χ4n) is 3.55. The van der Waals surface area contributed by atoms with Gasteiger partial charge in [-0.25, -0.2) is 0 Å². The van der Waals surface area contributed by atoms with E-state index in [0.29, 0.717) is 18.3 Å². The molecule has 1 saturated heterocycles. The first-order valence-electron chi connectivity index (χ1n) is 9.76. The molecule has 0 N–H and O–H groups in total. The van der Waals surface area contributed by atoms with Crippen molar-refractivity contribution >= 4 is 0 Å². The smallest absolute Gasteiger partial charge is 0.241 e. The molecule has 0 bridgehead atoms. The molecule has 4 rings (SSSR count). The zero-order valence-corrected chi connectivity index (χ0v) is 16.3. The van der Waals surface area contributed by atoms with Crippen LogP contribution >= 0.6 is 0 Å². The molecule has 0 radical (unpaired) electrons. The van der Waals surface area contributed by atoms with Gasteiger partial charge in [0.15, 0.2) is 0 Å². The molecular formula is C22H26N4O2. The monoisotopic (exact) mass is 378 g/mol. The molecule has 0 spiro atoms. The van der Waals surface area contributed by atoms with Crippen LogP contribution in [0.2, 0.25) is 0 Å². The molecule has 0 aliphatic carbocycles. The minimum absolute atomic E-state index is 0.578. The molecular weight excluding hydrogens is 352 g/mol. The largest absolute Gasteiger partial charge is 0.496 e. The molecule has 2 aromatic carbocycles. The summed E-state index contributed by atoms with van der Waals surface area (Å²) in [6, 6.07) is 18.4. The van der Waals surface area contributed by atoms with Gasteiger partial charge in [-0.1, -0.05) is 47.6 Å². The number of rotatable bonds is 7. The van der Waals surface area contributed by atoms with E-state index in [4.69, 9.17) is 9.26 Å². The van der Waals surface area contributed by atoms with Crippen LogP contribution in [0.25, 0.3) is 11.4 Å². The van der Waals surface area contributed by atoms with Crippen molar-refractivity contribution in [3.63, 3.8) is 0 Å². The van der Waals surface area contributed by atoms with E-state index in [1.165, 1.54) is 5.56 Å². The number of nitrogens with zero attached hydrogens (tertiary/aromatic N) is 4. The highest BCUT2D eigenvalue weighted by Crippen LogP contribution is 2.27. The van der Waals surface area contributed by atoms with E-state index in [-0.39, 0.29) is 0 Å². The third-order valence-electron chi connectivity index (χ3n) is 5.20. The molecule has 1 aliphatic rings. The molecule has 3 aromatic rings. The van der Waals surface area contributed by atoms with Gasteiger partial charge in [-0.15, -0.1) is 0 Å². The number of hydrogen-bond acceptors (Lipinski definition) is 6. The first kappa shape index (κ1) is 18.7. The van der Waals surface area contributed by atoms with Gasteiger partial charge in [0.05, 0.1) is 19.2 Å². The maximum atomic E-state index is 5.48. The van der Waals surface area contributed by atoms with Crippen LogP contribution in [-0.2, 0) is 13.0 Å². The molecule has 0 unspecified atom stereocenters. The van der Waals surface area contributed by atoms with Gasteiger partial charge < -0.3 is 14.2 Å². The first-order valence-corrected chi connectivity index (χ1v) is 9.76. The van der Waals surface area contributed by atoms with Crippen LogP contribution in [0.3, 0.4) is 0 Å². The van der Waals surface area contributed by atoms with Gasteiger partial charge in [0, 0.05) is 32.7 Å². The quantitative estimate of drug-likeness (QED) is 0.630. The Bertz CT molecular complexity index is 873. The summed E-state index contributed by atoms with van der Waals surface area (Å²) in [4.78, 5) is 9.46. The SMILES string of the molecule is COc1ccccc1-c1noc(CN2CCN(CCc3ccccc3)CC2)n1. The fourth-order valence-corrected chi connectivity index (χ4v) is 3.55. The van der Waals surface area contributed by atoms with Gasteiger partial charge in [-0.3, -0.25) is 4.90 Å². The highest BCUT2D eigenvalue weighted by Gasteiger charge is 2.20. The van der Waals surface area contributed by atoms with E-state index in [2.05, 4.69) is 50.3 Å². The van der Waals surface area contributed by atoms with E-state index >= 15 is 0 Å². The van der Waals surface area contributed by atoms with Crippen molar-refractivity contribution in [1.82, 2.24) is 19.9 Å². The lowest BCUT2D eigenvalue weighted by atomic mass is 10.1. The van der Waals surface area contributed by atoms with Gasteiger partial charge in [-0.05, 0) is 24.1 Å². The zero-order chi connectivity index (χ0) is 19.2. The molecule has 1 aromatic heterocycles. The summed E-state index contributed by atoms with van der Waals surface area (Å²) in [5.41, 5.74) is 2.25. The lowest BCUT2D eigenvalue weighted by molar-refractivity contribution is 0.118. The maximum Gasteiger partial charge on any atom is 0.241 e. The highest BCUT2D eigenvalue weighted by molar-refractivity contribution is 5.63. The molecule has 0 amide bonds. The minimum atomic E-state index is 0.578. The normalized spacial score (nSPS) is 15.6.